The molecular weight excluding hydrogens is 300 g/mol. The predicted octanol–water partition coefficient (Wildman–Crippen LogP) is 3.82. The molecule has 1 aromatic carbocycles. The number of hydrogen-bond acceptors (Lipinski definition) is 4. The highest BCUT2D eigenvalue weighted by Gasteiger charge is 2.21. The van der Waals surface area contributed by atoms with Gasteiger partial charge in [0.2, 0.25) is 5.76 Å². The molecule has 0 radical (unpaired) electrons. The van der Waals surface area contributed by atoms with Gasteiger partial charge in [-0.3, -0.25) is 10.1 Å². The molecule has 18 heavy (non-hydrogen) atoms. The van der Waals surface area contributed by atoms with Crippen molar-refractivity contribution in [3.8, 4) is 0 Å². The topological polar surface area (TPSA) is 69.2 Å². The Kier molecular flexibility index (Phi) is 3.57. The molecule has 0 amide bonds. The molecule has 0 aliphatic rings. The van der Waals surface area contributed by atoms with E-state index < -0.39 is 4.92 Å². The molecule has 0 atom stereocenters. The first-order valence-corrected chi connectivity index (χ1v) is 5.91. The molecule has 1 heterocycles. The van der Waals surface area contributed by atoms with E-state index in [1.165, 1.54) is 6.92 Å². The second-order valence-corrected chi connectivity index (χ2v) is 4.53. The standard InChI is InChI=1S/C12H9BrN2O3/c1-8-12(15(16)17)11(14-18-8)6-5-9-3-2-4-10(13)7-9/h2-7H,1H3/b6-5+. The molecule has 0 spiro atoms. The first-order chi connectivity index (χ1) is 8.58. The summed E-state index contributed by atoms with van der Waals surface area (Å²) < 4.78 is 5.76. The fourth-order valence-corrected chi connectivity index (χ4v) is 1.92. The number of aryl methyl sites for hydroxylation is 1. The van der Waals surface area contributed by atoms with Gasteiger partial charge in [0.25, 0.3) is 0 Å². The van der Waals surface area contributed by atoms with Gasteiger partial charge < -0.3 is 4.52 Å². The van der Waals surface area contributed by atoms with Gasteiger partial charge in [0, 0.05) is 11.4 Å². The van der Waals surface area contributed by atoms with E-state index in [0.29, 0.717) is 0 Å². The highest BCUT2D eigenvalue weighted by atomic mass is 79.9. The molecular formula is C12H9BrN2O3. The zero-order valence-corrected chi connectivity index (χ0v) is 11.0. The van der Waals surface area contributed by atoms with E-state index in [4.69, 9.17) is 4.52 Å². The minimum atomic E-state index is -0.494. The van der Waals surface area contributed by atoms with Gasteiger partial charge in [-0.15, -0.1) is 0 Å². The van der Waals surface area contributed by atoms with Gasteiger partial charge in [-0.25, -0.2) is 0 Å². The van der Waals surface area contributed by atoms with Crippen LogP contribution in [0.25, 0.3) is 12.2 Å². The van der Waals surface area contributed by atoms with Crippen LogP contribution in [-0.4, -0.2) is 10.1 Å². The maximum absolute atomic E-state index is 10.8. The van der Waals surface area contributed by atoms with Crippen molar-refractivity contribution in [2.24, 2.45) is 0 Å². The summed E-state index contributed by atoms with van der Waals surface area (Å²) in [6.07, 6.45) is 3.31. The number of nitro groups is 1. The molecule has 5 nitrogen and oxygen atoms in total. The van der Waals surface area contributed by atoms with Gasteiger partial charge >= 0.3 is 5.69 Å². The van der Waals surface area contributed by atoms with Crippen LogP contribution in [0.4, 0.5) is 5.69 Å². The predicted molar refractivity (Wildman–Crippen MR) is 71.0 cm³/mol. The lowest BCUT2D eigenvalue weighted by molar-refractivity contribution is -0.386. The molecule has 0 N–H and O–H groups in total. The molecule has 92 valence electrons. The number of hydrogen-bond donors (Lipinski definition) is 0. The summed E-state index contributed by atoms with van der Waals surface area (Å²) in [6.45, 7) is 1.52. The first kappa shape index (κ1) is 12.5. The summed E-state index contributed by atoms with van der Waals surface area (Å²) in [5.41, 5.74) is 1.04. The average molecular weight is 309 g/mol. The summed E-state index contributed by atoms with van der Waals surface area (Å²) in [6, 6.07) is 7.57. The third-order valence-corrected chi connectivity index (χ3v) is 2.82. The van der Waals surface area contributed by atoms with Crippen molar-refractivity contribution in [3.63, 3.8) is 0 Å². The largest absolute Gasteiger partial charge is 0.354 e. The van der Waals surface area contributed by atoms with Crippen LogP contribution in [0.1, 0.15) is 17.0 Å². The quantitative estimate of drug-likeness (QED) is 0.638. The molecule has 0 fully saturated rings. The van der Waals surface area contributed by atoms with E-state index in [-0.39, 0.29) is 17.1 Å². The van der Waals surface area contributed by atoms with Gasteiger partial charge in [-0.2, -0.15) is 0 Å². The van der Waals surface area contributed by atoms with Gasteiger partial charge in [0.05, 0.1) is 4.92 Å². The zero-order valence-electron chi connectivity index (χ0n) is 9.46. The smallest absolute Gasteiger partial charge is 0.338 e. The van der Waals surface area contributed by atoms with Crippen LogP contribution in [0.2, 0.25) is 0 Å². The van der Waals surface area contributed by atoms with Crippen molar-refractivity contribution in [3.05, 3.63) is 55.9 Å². The fourth-order valence-electron chi connectivity index (χ4n) is 1.50. The molecule has 2 aromatic rings. The third kappa shape index (κ3) is 2.65. The zero-order chi connectivity index (χ0) is 13.1. The van der Waals surface area contributed by atoms with Crippen LogP contribution in [0.3, 0.4) is 0 Å². The van der Waals surface area contributed by atoms with E-state index in [9.17, 15) is 10.1 Å². The second kappa shape index (κ2) is 5.14. The summed E-state index contributed by atoms with van der Waals surface area (Å²) in [5.74, 6) is 0.203. The summed E-state index contributed by atoms with van der Waals surface area (Å²) in [7, 11) is 0. The van der Waals surface area contributed by atoms with Gasteiger partial charge in [-0.1, -0.05) is 39.3 Å². The highest BCUT2D eigenvalue weighted by molar-refractivity contribution is 9.10. The lowest BCUT2D eigenvalue weighted by Gasteiger charge is -1.93. The van der Waals surface area contributed by atoms with Crippen molar-refractivity contribution in [1.82, 2.24) is 5.16 Å². The lowest BCUT2D eigenvalue weighted by atomic mass is 10.2. The van der Waals surface area contributed by atoms with Gasteiger partial charge in [0.1, 0.15) is 0 Å². The molecule has 6 heteroatoms. The Morgan fingerprint density at radius 1 is 1.44 bits per heavy atom. The van der Waals surface area contributed by atoms with Crippen molar-refractivity contribution < 1.29 is 9.45 Å². The molecule has 1 aromatic heterocycles. The Balaban J connectivity index is 2.32. The molecule has 0 saturated carbocycles. The second-order valence-electron chi connectivity index (χ2n) is 3.62. The fraction of sp³-hybridized carbons (Fsp3) is 0.0833. The van der Waals surface area contributed by atoms with E-state index in [2.05, 4.69) is 21.1 Å². The van der Waals surface area contributed by atoms with Crippen molar-refractivity contribution in [1.29, 1.82) is 0 Å². The van der Waals surface area contributed by atoms with Crippen molar-refractivity contribution >= 4 is 33.8 Å². The maximum Gasteiger partial charge on any atom is 0.338 e. The number of benzene rings is 1. The van der Waals surface area contributed by atoms with Crippen molar-refractivity contribution in [2.45, 2.75) is 6.92 Å². The Hall–Kier alpha value is -1.95. The minimum absolute atomic E-state index is 0.0961. The molecule has 0 saturated heterocycles. The third-order valence-electron chi connectivity index (χ3n) is 2.32. The molecule has 0 aliphatic heterocycles. The van der Waals surface area contributed by atoms with E-state index >= 15 is 0 Å². The molecule has 0 bridgehead atoms. The molecule has 0 unspecified atom stereocenters. The minimum Gasteiger partial charge on any atom is -0.354 e. The maximum atomic E-state index is 10.8. The van der Waals surface area contributed by atoms with Gasteiger partial charge in [-0.05, 0) is 23.8 Å². The Bertz CT molecular complexity index is 620. The number of rotatable bonds is 3. The van der Waals surface area contributed by atoms with Crippen LogP contribution in [0.5, 0.6) is 0 Å². The van der Waals surface area contributed by atoms with Crippen LogP contribution in [-0.2, 0) is 0 Å². The Labute approximate surface area is 111 Å². The Morgan fingerprint density at radius 2 is 2.22 bits per heavy atom. The summed E-state index contributed by atoms with van der Waals surface area (Å²) in [5, 5.41) is 14.5. The van der Waals surface area contributed by atoms with Crippen LogP contribution in [0, 0.1) is 17.0 Å². The van der Waals surface area contributed by atoms with Crippen LogP contribution >= 0.6 is 15.9 Å². The molecule has 2 rings (SSSR count). The summed E-state index contributed by atoms with van der Waals surface area (Å²) >= 11 is 3.35. The monoisotopic (exact) mass is 308 g/mol. The highest BCUT2D eigenvalue weighted by Crippen LogP contribution is 2.24. The summed E-state index contributed by atoms with van der Waals surface area (Å²) in [4.78, 5) is 10.3. The number of nitrogens with zero attached hydrogens (tertiary/aromatic N) is 2. The lowest BCUT2D eigenvalue weighted by Crippen LogP contribution is -1.90. The number of aromatic nitrogens is 1. The number of halogens is 1. The van der Waals surface area contributed by atoms with Crippen LogP contribution < -0.4 is 0 Å². The average Bonchev–Trinajstić information content (AvgIpc) is 2.68. The van der Waals surface area contributed by atoms with Crippen molar-refractivity contribution in [2.75, 3.05) is 0 Å². The SMILES string of the molecule is Cc1onc(/C=C/c2cccc(Br)c2)c1[N+](=O)[O-]. The molecule has 0 aliphatic carbocycles. The van der Waals surface area contributed by atoms with E-state index in [1.54, 1.807) is 12.2 Å². The normalized spacial score (nSPS) is 11.0. The van der Waals surface area contributed by atoms with Crippen LogP contribution in [0.15, 0.2) is 33.3 Å². The van der Waals surface area contributed by atoms with E-state index in [0.717, 1.165) is 10.0 Å². The first-order valence-electron chi connectivity index (χ1n) is 5.12. The Morgan fingerprint density at radius 3 is 2.89 bits per heavy atom. The van der Waals surface area contributed by atoms with Gasteiger partial charge in [0.15, 0.2) is 5.69 Å². The van der Waals surface area contributed by atoms with E-state index in [1.807, 2.05) is 24.3 Å².